The van der Waals surface area contributed by atoms with Gasteiger partial charge in [0.25, 0.3) is 11.8 Å². The fourth-order valence-electron chi connectivity index (χ4n) is 3.60. The van der Waals surface area contributed by atoms with Crippen molar-refractivity contribution in [1.29, 1.82) is 0 Å². The Labute approximate surface area is 222 Å². The van der Waals surface area contributed by atoms with Crippen LogP contribution in [0.4, 0.5) is 5.69 Å². The largest absolute Gasteiger partial charge is 0.496 e. The molecule has 0 aliphatic heterocycles. The summed E-state index contributed by atoms with van der Waals surface area (Å²) < 4.78 is 17.1. The van der Waals surface area contributed by atoms with E-state index >= 15 is 0 Å². The molecule has 0 fully saturated rings. The summed E-state index contributed by atoms with van der Waals surface area (Å²) in [5, 5.41) is 8.72. The maximum Gasteiger partial charge on any atom is 0.275 e. The summed E-state index contributed by atoms with van der Waals surface area (Å²) in [6, 6.07) is 23.8. The summed E-state index contributed by atoms with van der Waals surface area (Å²) in [4.78, 5) is 25.0. The zero-order valence-electron chi connectivity index (χ0n) is 20.2. The quantitative estimate of drug-likeness (QED) is 0.210. The fourth-order valence-corrected chi connectivity index (χ4v) is 4.18. The van der Waals surface area contributed by atoms with Gasteiger partial charge in [-0.15, -0.1) is 0 Å². The summed E-state index contributed by atoms with van der Waals surface area (Å²) in [5.74, 6) is 0.499. The van der Waals surface area contributed by atoms with Crippen molar-refractivity contribution in [2.45, 2.75) is 0 Å². The number of rotatable bonds is 9. The Morgan fingerprint density at radius 2 is 1.57 bits per heavy atom. The lowest BCUT2D eigenvalue weighted by molar-refractivity contribution is -0.118. The van der Waals surface area contributed by atoms with Crippen LogP contribution in [-0.4, -0.2) is 38.9 Å². The standard InChI is InChI=1S/C28H24BrN3O5/c1-35-24-15-20-9-7-6-8-19(20)14-22(24)28(34)32-30-16-18-12-23(29)27(25(13-18)36-2)37-17-26(33)31-21-10-4-3-5-11-21/h3-16H,17H2,1-2H3,(H,31,33)(H,32,34)/b30-16-. The van der Waals surface area contributed by atoms with Crippen LogP contribution in [0.15, 0.2) is 88.4 Å². The molecule has 0 atom stereocenters. The third kappa shape index (κ3) is 6.45. The lowest BCUT2D eigenvalue weighted by atomic mass is 10.1. The van der Waals surface area contributed by atoms with E-state index in [1.165, 1.54) is 20.4 Å². The molecule has 2 N–H and O–H groups in total. The molecule has 0 saturated carbocycles. The number of hydrogen-bond acceptors (Lipinski definition) is 6. The van der Waals surface area contributed by atoms with Crippen molar-refractivity contribution in [2.75, 3.05) is 26.1 Å². The molecular formula is C28H24BrN3O5. The molecule has 0 bridgehead atoms. The van der Waals surface area contributed by atoms with Crippen LogP contribution in [0.2, 0.25) is 0 Å². The van der Waals surface area contributed by atoms with Gasteiger partial charge in [0, 0.05) is 5.69 Å². The van der Waals surface area contributed by atoms with Crippen LogP contribution in [0.1, 0.15) is 15.9 Å². The van der Waals surface area contributed by atoms with E-state index in [4.69, 9.17) is 14.2 Å². The van der Waals surface area contributed by atoms with E-state index in [9.17, 15) is 9.59 Å². The normalized spacial score (nSPS) is 10.8. The molecule has 0 saturated heterocycles. The molecule has 4 aromatic rings. The first kappa shape index (κ1) is 25.7. The molecule has 0 spiro atoms. The van der Waals surface area contributed by atoms with Gasteiger partial charge in [-0.05, 0) is 68.7 Å². The zero-order chi connectivity index (χ0) is 26.2. The molecule has 8 nitrogen and oxygen atoms in total. The second-order valence-electron chi connectivity index (χ2n) is 7.84. The SMILES string of the molecule is COc1cc2ccccc2cc1C(=O)N/N=C\c1cc(Br)c(OCC(=O)Nc2ccccc2)c(OC)c1. The Morgan fingerprint density at radius 3 is 2.27 bits per heavy atom. The number of nitrogens with one attached hydrogen (secondary N) is 2. The highest BCUT2D eigenvalue weighted by Gasteiger charge is 2.15. The van der Waals surface area contributed by atoms with E-state index in [2.05, 4.69) is 31.8 Å². The van der Waals surface area contributed by atoms with Crippen LogP contribution >= 0.6 is 15.9 Å². The fraction of sp³-hybridized carbons (Fsp3) is 0.107. The van der Waals surface area contributed by atoms with Crippen LogP contribution in [0.5, 0.6) is 17.2 Å². The number of halogens is 1. The minimum absolute atomic E-state index is 0.207. The number of amides is 2. The van der Waals surface area contributed by atoms with Gasteiger partial charge in [0.15, 0.2) is 18.1 Å². The molecule has 0 aliphatic carbocycles. The number of carbonyl (C=O) groups excluding carboxylic acids is 2. The molecule has 37 heavy (non-hydrogen) atoms. The number of ether oxygens (including phenoxy) is 3. The predicted molar refractivity (Wildman–Crippen MR) is 147 cm³/mol. The smallest absolute Gasteiger partial charge is 0.275 e. The number of anilines is 1. The minimum atomic E-state index is -0.408. The maximum absolute atomic E-state index is 12.8. The second-order valence-corrected chi connectivity index (χ2v) is 8.69. The van der Waals surface area contributed by atoms with Gasteiger partial charge in [0.05, 0.1) is 30.5 Å². The van der Waals surface area contributed by atoms with Gasteiger partial charge in [0.2, 0.25) is 0 Å². The molecule has 2 amide bonds. The van der Waals surface area contributed by atoms with E-state index in [1.54, 1.807) is 30.3 Å². The molecule has 4 aromatic carbocycles. The van der Waals surface area contributed by atoms with Crippen LogP contribution < -0.4 is 25.0 Å². The molecule has 4 rings (SSSR count). The van der Waals surface area contributed by atoms with Gasteiger partial charge in [-0.1, -0.05) is 42.5 Å². The molecule has 0 heterocycles. The first-order valence-electron chi connectivity index (χ1n) is 11.2. The topological polar surface area (TPSA) is 98.3 Å². The van der Waals surface area contributed by atoms with Crippen molar-refractivity contribution in [2.24, 2.45) is 5.10 Å². The Hall–Kier alpha value is -4.37. The highest BCUT2D eigenvalue weighted by atomic mass is 79.9. The average molecular weight is 562 g/mol. The Kier molecular flexibility index (Phi) is 8.37. The molecule has 0 aromatic heterocycles. The lowest BCUT2D eigenvalue weighted by Crippen LogP contribution is -2.20. The number of para-hydroxylation sites is 1. The van der Waals surface area contributed by atoms with Gasteiger partial charge in [0.1, 0.15) is 5.75 Å². The van der Waals surface area contributed by atoms with Gasteiger partial charge < -0.3 is 19.5 Å². The molecule has 0 unspecified atom stereocenters. The maximum atomic E-state index is 12.8. The number of hydrogen-bond donors (Lipinski definition) is 2. The number of carbonyl (C=O) groups is 2. The van der Waals surface area contributed by atoms with Crippen molar-refractivity contribution in [3.05, 3.63) is 94.5 Å². The summed E-state index contributed by atoms with van der Waals surface area (Å²) in [6.45, 7) is -0.207. The van der Waals surface area contributed by atoms with E-state index in [0.29, 0.717) is 38.5 Å². The summed E-state index contributed by atoms with van der Waals surface area (Å²) in [5.41, 5.74) is 4.21. The third-order valence-electron chi connectivity index (χ3n) is 5.35. The zero-order valence-corrected chi connectivity index (χ0v) is 21.7. The van der Waals surface area contributed by atoms with Gasteiger partial charge in [-0.2, -0.15) is 5.10 Å². The number of fused-ring (bicyclic) bond motifs is 1. The summed E-state index contributed by atoms with van der Waals surface area (Å²) in [6.07, 6.45) is 1.48. The number of methoxy groups -OCH3 is 2. The molecule has 0 radical (unpaired) electrons. The van der Waals surface area contributed by atoms with Crippen LogP contribution in [0, 0.1) is 0 Å². The van der Waals surface area contributed by atoms with Gasteiger partial charge >= 0.3 is 0 Å². The summed E-state index contributed by atoms with van der Waals surface area (Å²) >= 11 is 3.45. The van der Waals surface area contributed by atoms with Gasteiger partial charge in [-0.3, -0.25) is 9.59 Å². The van der Waals surface area contributed by atoms with Gasteiger partial charge in [-0.25, -0.2) is 5.43 Å². The molecule has 9 heteroatoms. The average Bonchev–Trinajstić information content (AvgIpc) is 2.91. The monoisotopic (exact) mass is 561 g/mol. The van der Waals surface area contributed by atoms with Crippen molar-refractivity contribution >= 4 is 50.4 Å². The summed E-state index contributed by atoms with van der Waals surface area (Å²) in [7, 11) is 3.01. The van der Waals surface area contributed by atoms with Crippen molar-refractivity contribution in [1.82, 2.24) is 5.43 Å². The molecule has 188 valence electrons. The van der Waals surface area contributed by atoms with Crippen LogP contribution in [-0.2, 0) is 4.79 Å². The van der Waals surface area contributed by atoms with E-state index in [-0.39, 0.29) is 12.5 Å². The highest BCUT2D eigenvalue weighted by Crippen LogP contribution is 2.36. The highest BCUT2D eigenvalue weighted by molar-refractivity contribution is 9.10. The first-order chi connectivity index (χ1) is 18.0. The minimum Gasteiger partial charge on any atom is -0.496 e. The van der Waals surface area contributed by atoms with Crippen LogP contribution in [0.25, 0.3) is 10.8 Å². The number of benzene rings is 4. The van der Waals surface area contributed by atoms with Crippen LogP contribution in [0.3, 0.4) is 0 Å². The van der Waals surface area contributed by atoms with Crippen molar-refractivity contribution in [3.63, 3.8) is 0 Å². The Balaban J connectivity index is 1.43. The molecule has 0 aliphatic rings. The molecular weight excluding hydrogens is 538 g/mol. The lowest BCUT2D eigenvalue weighted by Gasteiger charge is -2.13. The van der Waals surface area contributed by atoms with E-state index in [0.717, 1.165) is 10.8 Å². The number of nitrogens with zero attached hydrogens (tertiary/aromatic N) is 1. The Morgan fingerprint density at radius 1 is 0.892 bits per heavy atom. The third-order valence-corrected chi connectivity index (χ3v) is 5.94. The first-order valence-corrected chi connectivity index (χ1v) is 12.0. The van der Waals surface area contributed by atoms with Crippen molar-refractivity contribution < 1.29 is 23.8 Å². The van der Waals surface area contributed by atoms with E-state index in [1.807, 2.05) is 48.5 Å². The second kappa shape index (κ2) is 12.0. The Bertz CT molecular complexity index is 1460. The van der Waals surface area contributed by atoms with E-state index < -0.39 is 5.91 Å². The predicted octanol–water partition coefficient (Wildman–Crippen LogP) is 5.40. The number of hydrazone groups is 1. The van der Waals surface area contributed by atoms with Crippen molar-refractivity contribution in [3.8, 4) is 17.2 Å².